The Kier molecular flexibility index (Phi) is 21.5. The predicted molar refractivity (Wildman–Crippen MR) is 127 cm³/mol. The SMILES string of the molecule is CCO[Si](CCCCCCCCCCCCCCCCCC(=O)O)(OCC)OCC. The molecule has 5 nitrogen and oxygen atoms in total. The second kappa shape index (κ2) is 21.8. The molecule has 1 N–H and O–H groups in total. The number of aliphatic carboxylic acids is 1. The van der Waals surface area contributed by atoms with Crippen LogP contribution in [-0.4, -0.2) is 39.7 Å². The van der Waals surface area contributed by atoms with Crippen LogP contribution in [0.15, 0.2) is 0 Å². The van der Waals surface area contributed by atoms with Gasteiger partial charge in [0.1, 0.15) is 0 Å². The molecule has 0 aliphatic heterocycles. The van der Waals surface area contributed by atoms with Crippen molar-refractivity contribution in [3.05, 3.63) is 0 Å². The number of rotatable bonds is 24. The van der Waals surface area contributed by atoms with Gasteiger partial charge in [-0.15, -0.1) is 0 Å². The molecule has 0 bridgehead atoms. The van der Waals surface area contributed by atoms with Gasteiger partial charge in [0.2, 0.25) is 0 Å². The van der Waals surface area contributed by atoms with Gasteiger partial charge in [-0.2, -0.15) is 0 Å². The fourth-order valence-electron chi connectivity index (χ4n) is 3.92. The van der Waals surface area contributed by atoms with Crippen molar-refractivity contribution in [1.29, 1.82) is 0 Å². The van der Waals surface area contributed by atoms with Crippen molar-refractivity contribution in [2.75, 3.05) is 19.8 Å². The summed E-state index contributed by atoms with van der Waals surface area (Å²) in [5.74, 6) is -0.664. The molecule has 30 heavy (non-hydrogen) atoms. The highest BCUT2D eigenvalue weighted by atomic mass is 28.4. The van der Waals surface area contributed by atoms with Crippen molar-refractivity contribution in [3.63, 3.8) is 0 Å². The molecule has 0 fully saturated rings. The molecule has 0 radical (unpaired) electrons. The summed E-state index contributed by atoms with van der Waals surface area (Å²) >= 11 is 0. The first-order valence-electron chi connectivity index (χ1n) is 12.7. The molecular formula is C24H50O5Si. The van der Waals surface area contributed by atoms with Gasteiger partial charge in [0.15, 0.2) is 0 Å². The molecule has 0 saturated heterocycles. The van der Waals surface area contributed by atoms with Gasteiger partial charge in [-0.1, -0.05) is 83.5 Å². The Balaban J connectivity index is 3.44. The lowest BCUT2D eigenvalue weighted by Gasteiger charge is -2.28. The zero-order valence-electron chi connectivity index (χ0n) is 20.2. The largest absolute Gasteiger partial charge is 0.500 e. The van der Waals surface area contributed by atoms with Crippen molar-refractivity contribution < 1.29 is 23.2 Å². The van der Waals surface area contributed by atoms with Crippen molar-refractivity contribution in [3.8, 4) is 0 Å². The first-order chi connectivity index (χ1) is 14.6. The summed E-state index contributed by atoms with van der Waals surface area (Å²) in [5.41, 5.74) is 0. The van der Waals surface area contributed by atoms with E-state index in [4.69, 9.17) is 18.4 Å². The molecule has 0 heterocycles. The Morgan fingerprint density at radius 1 is 0.567 bits per heavy atom. The maximum Gasteiger partial charge on any atom is 0.500 e. The van der Waals surface area contributed by atoms with Gasteiger partial charge in [0.05, 0.1) is 0 Å². The second-order valence-corrected chi connectivity index (χ2v) is 10.9. The topological polar surface area (TPSA) is 65.0 Å². The molecule has 0 aromatic heterocycles. The summed E-state index contributed by atoms with van der Waals surface area (Å²) in [7, 11) is -2.43. The van der Waals surface area contributed by atoms with E-state index in [-0.39, 0.29) is 0 Å². The molecule has 0 aliphatic rings. The first kappa shape index (κ1) is 29.6. The Morgan fingerprint density at radius 2 is 0.867 bits per heavy atom. The van der Waals surface area contributed by atoms with Gasteiger partial charge < -0.3 is 18.4 Å². The fourth-order valence-corrected chi connectivity index (χ4v) is 6.60. The summed E-state index contributed by atoms with van der Waals surface area (Å²) in [6.07, 6.45) is 19.2. The summed E-state index contributed by atoms with van der Waals surface area (Å²) in [6.45, 7) is 8.05. The van der Waals surface area contributed by atoms with E-state index in [1.807, 2.05) is 20.8 Å². The molecule has 6 heteroatoms. The number of carboxylic acids is 1. The third-order valence-electron chi connectivity index (χ3n) is 5.47. The summed E-state index contributed by atoms with van der Waals surface area (Å²) in [6, 6.07) is 0.947. The van der Waals surface area contributed by atoms with Gasteiger partial charge in [-0.05, 0) is 33.6 Å². The highest BCUT2D eigenvalue weighted by Crippen LogP contribution is 2.21. The highest BCUT2D eigenvalue weighted by Gasteiger charge is 2.39. The van der Waals surface area contributed by atoms with Crippen molar-refractivity contribution >= 4 is 14.8 Å². The molecule has 0 aromatic rings. The monoisotopic (exact) mass is 446 g/mol. The molecule has 0 atom stereocenters. The van der Waals surface area contributed by atoms with E-state index in [1.54, 1.807) is 0 Å². The Bertz CT molecular complexity index is 362. The van der Waals surface area contributed by atoms with Crippen LogP contribution in [0.25, 0.3) is 0 Å². The maximum atomic E-state index is 10.4. The zero-order chi connectivity index (χ0) is 22.3. The minimum atomic E-state index is -2.43. The molecule has 0 amide bonds. The number of unbranched alkanes of at least 4 members (excludes halogenated alkanes) is 14. The minimum absolute atomic E-state index is 0.330. The average molecular weight is 447 g/mol. The Labute approximate surface area is 187 Å². The van der Waals surface area contributed by atoms with E-state index in [0.717, 1.165) is 25.3 Å². The Hall–Kier alpha value is -0.433. The van der Waals surface area contributed by atoms with Gasteiger partial charge in [-0.3, -0.25) is 4.79 Å². The molecule has 0 saturated carbocycles. The lowest BCUT2D eigenvalue weighted by Crippen LogP contribution is -2.45. The smallest absolute Gasteiger partial charge is 0.481 e. The van der Waals surface area contributed by atoms with Crippen molar-refractivity contribution in [2.45, 2.75) is 130 Å². The molecule has 0 rings (SSSR count). The lowest BCUT2D eigenvalue weighted by atomic mass is 10.0. The zero-order valence-corrected chi connectivity index (χ0v) is 21.2. The van der Waals surface area contributed by atoms with Crippen molar-refractivity contribution in [1.82, 2.24) is 0 Å². The van der Waals surface area contributed by atoms with Crippen LogP contribution < -0.4 is 0 Å². The number of hydrogen-bond donors (Lipinski definition) is 1. The standard InChI is InChI=1S/C24H50O5Si/c1-4-27-30(28-5-2,29-6-3)23-21-19-17-15-13-11-9-7-8-10-12-14-16-18-20-22-24(25)26/h4-23H2,1-3H3,(H,25,26). The van der Waals surface area contributed by atoms with E-state index in [9.17, 15) is 4.79 Å². The molecule has 0 spiro atoms. The normalized spacial score (nSPS) is 11.8. The predicted octanol–water partition coefficient (Wildman–Crippen LogP) is 7.36. The minimum Gasteiger partial charge on any atom is -0.481 e. The van der Waals surface area contributed by atoms with Gasteiger partial charge in [0.25, 0.3) is 0 Å². The summed E-state index contributed by atoms with van der Waals surface area (Å²) < 4.78 is 17.7. The second-order valence-electron chi connectivity index (χ2n) is 8.18. The molecule has 0 aromatic carbocycles. The van der Waals surface area contributed by atoms with E-state index in [1.165, 1.54) is 77.0 Å². The van der Waals surface area contributed by atoms with E-state index >= 15 is 0 Å². The molecule has 0 aliphatic carbocycles. The van der Waals surface area contributed by atoms with Crippen LogP contribution in [-0.2, 0) is 18.1 Å². The quantitative estimate of drug-likeness (QED) is 0.124. The van der Waals surface area contributed by atoms with E-state index < -0.39 is 14.8 Å². The average Bonchev–Trinajstić information content (AvgIpc) is 2.70. The lowest BCUT2D eigenvalue weighted by molar-refractivity contribution is -0.137. The van der Waals surface area contributed by atoms with Crippen LogP contribution in [0.5, 0.6) is 0 Å². The summed E-state index contributed by atoms with van der Waals surface area (Å²) in [5, 5.41) is 8.60. The van der Waals surface area contributed by atoms with Gasteiger partial charge >= 0.3 is 14.8 Å². The Morgan fingerprint density at radius 3 is 1.17 bits per heavy atom. The van der Waals surface area contributed by atoms with Gasteiger partial charge in [0, 0.05) is 32.3 Å². The van der Waals surface area contributed by atoms with Crippen LogP contribution in [0, 0.1) is 0 Å². The van der Waals surface area contributed by atoms with Crippen LogP contribution >= 0.6 is 0 Å². The molecule has 180 valence electrons. The first-order valence-corrected chi connectivity index (χ1v) is 14.7. The van der Waals surface area contributed by atoms with Crippen LogP contribution in [0.1, 0.15) is 124 Å². The third kappa shape index (κ3) is 18.3. The van der Waals surface area contributed by atoms with Crippen LogP contribution in [0.3, 0.4) is 0 Å². The number of carbonyl (C=O) groups is 1. The van der Waals surface area contributed by atoms with Crippen LogP contribution in [0.4, 0.5) is 0 Å². The van der Waals surface area contributed by atoms with E-state index in [2.05, 4.69) is 0 Å². The highest BCUT2D eigenvalue weighted by molar-refractivity contribution is 6.60. The van der Waals surface area contributed by atoms with Gasteiger partial charge in [-0.25, -0.2) is 0 Å². The number of hydrogen-bond acceptors (Lipinski definition) is 4. The fraction of sp³-hybridized carbons (Fsp3) is 0.958. The maximum absolute atomic E-state index is 10.4. The summed E-state index contributed by atoms with van der Waals surface area (Å²) in [4.78, 5) is 10.4. The third-order valence-corrected chi connectivity index (χ3v) is 8.62. The number of carboxylic acid groups (broad SMARTS) is 1. The molecule has 0 unspecified atom stereocenters. The van der Waals surface area contributed by atoms with Crippen molar-refractivity contribution in [2.24, 2.45) is 0 Å². The van der Waals surface area contributed by atoms with E-state index in [0.29, 0.717) is 26.2 Å². The van der Waals surface area contributed by atoms with Crippen LogP contribution in [0.2, 0.25) is 6.04 Å². The molecular weight excluding hydrogens is 396 g/mol.